The van der Waals surface area contributed by atoms with Crippen LogP contribution in [0.2, 0.25) is 0 Å². The number of esters is 1. The maximum absolute atomic E-state index is 11.8. The van der Waals surface area contributed by atoms with Gasteiger partial charge in [0, 0.05) is 6.54 Å². The monoisotopic (exact) mass is 242 g/mol. The lowest BCUT2D eigenvalue weighted by atomic mass is 10.1. The molecule has 6 heteroatoms. The Morgan fingerprint density at radius 2 is 2.06 bits per heavy atom. The van der Waals surface area contributed by atoms with E-state index in [1.807, 2.05) is 0 Å². The van der Waals surface area contributed by atoms with E-state index in [-0.39, 0.29) is 6.54 Å². The highest BCUT2D eigenvalue weighted by molar-refractivity contribution is 5.96. The first-order valence-electron chi connectivity index (χ1n) is 5.24. The van der Waals surface area contributed by atoms with Gasteiger partial charge in [0.2, 0.25) is 11.8 Å². The molecule has 0 aliphatic carbocycles. The molecule has 0 aromatic heterocycles. The standard InChI is InChI=1S/C11H18N2O4/c1-4-6-13(8(5-2)11(12)16)9(14)7-10(15)17-3/h4,8H,1,5-7H2,2-3H3,(H2,12,16)/t8-/m0/s1. The van der Waals surface area contributed by atoms with E-state index in [1.165, 1.54) is 18.1 Å². The first-order chi connectivity index (χ1) is 7.97. The fourth-order valence-corrected chi connectivity index (χ4v) is 1.41. The van der Waals surface area contributed by atoms with Crippen molar-refractivity contribution in [3.8, 4) is 0 Å². The van der Waals surface area contributed by atoms with Crippen LogP contribution in [0.5, 0.6) is 0 Å². The summed E-state index contributed by atoms with van der Waals surface area (Å²) in [7, 11) is 1.19. The Morgan fingerprint density at radius 3 is 2.41 bits per heavy atom. The van der Waals surface area contributed by atoms with Crippen LogP contribution in [-0.4, -0.2) is 42.4 Å². The SMILES string of the molecule is C=CCN(C(=O)CC(=O)OC)[C@@H](CC)C(N)=O. The number of methoxy groups -OCH3 is 1. The maximum Gasteiger partial charge on any atom is 0.315 e. The quantitative estimate of drug-likeness (QED) is 0.381. The number of amides is 2. The summed E-state index contributed by atoms with van der Waals surface area (Å²) in [4.78, 5) is 35.2. The molecule has 0 unspecified atom stereocenters. The van der Waals surface area contributed by atoms with Crippen LogP contribution in [0.1, 0.15) is 19.8 Å². The summed E-state index contributed by atoms with van der Waals surface area (Å²) in [5, 5.41) is 0. The molecule has 0 radical (unpaired) electrons. The topological polar surface area (TPSA) is 89.7 Å². The molecule has 0 saturated carbocycles. The van der Waals surface area contributed by atoms with E-state index in [9.17, 15) is 14.4 Å². The van der Waals surface area contributed by atoms with Crippen LogP contribution >= 0.6 is 0 Å². The van der Waals surface area contributed by atoms with E-state index in [4.69, 9.17) is 5.73 Å². The Hall–Kier alpha value is -1.85. The fourth-order valence-electron chi connectivity index (χ4n) is 1.41. The van der Waals surface area contributed by atoms with Crippen LogP contribution in [0, 0.1) is 0 Å². The molecule has 0 fully saturated rings. The lowest BCUT2D eigenvalue weighted by molar-refractivity contribution is -0.149. The van der Waals surface area contributed by atoms with E-state index < -0.39 is 30.2 Å². The molecule has 0 aliphatic rings. The molecular formula is C11H18N2O4. The number of ether oxygens (including phenoxy) is 1. The van der Waals surface area contributed by atoms with E-state index in [2.05, 4.69) is 11.3 Å². The number of hydrogen-bond acceptors (Lipinski definition) is 4. The zero-order chi connectivity index (χ0) is 13.4. The van der Waals surface area contributed by atoms with E-state index in [1.54, 1.807) is 6.92 Å². The third kappa shape index (κ3) is 4.67. The van der Waals surface area contributed by atoms with Crippen LogP contribution in [0.4, 0.5) is 0 Å². The highest BCUT2D eigenvalue weighted by Gasteiger charge is 2.27. The average molecular weight is 242 g/mol. The van der Waals surface area contributed by atoms with E-state index in [0.717, 1.165) is 0 Å². The number of carbonyl (C=O) groups excluding carboxylic acids is 3. The van der Waals surface area contributed by atoms with Crippen molar-refractivity contribution >= 4 is 17.8 Å². The van der Waals surface area contributed by atoms with Gasteiger partial charge in [0.15, 0.2) is 0 Å². The van der Waals surface area contributed by atoms with Crippen molar-refractivity contribution in [2.24, 2.45) is 5.73 Å². The second-order valence-corrected chi connectivity index (χ2v) is 3.41. The van der Waals surface area contributed by atoms with Crippen LogP contribution in [0.3, 0.4) is 0 Å². The van der Waals surface area contributed by atoms with E-state index in [0.29, 0.717) is 6.42 Å². The number of nitrogens with zero attached hydrogens (tertiary/aromatic N) is 1. The zero-order valence-electron chi connectivity index (χ0n) is 10.1. The Bertz CT molecular complexity index is 315. The first-order valence-corrected chi connectivity index (χ1v) is 5.24. The van der Waals surface area contributed by atoms with Gasteiger partial charge in [0.25, 0.3) is 0 Å². The first kappa shape index (κ1) is 15.2. The summed E-state index contributed by atoms with van der Waals surface area (Å²) in [6, 6.07) is -0.731. The normalized spacial score (nSPS) is 11.4. The molecule has 17 heavy (non-hydrogen) atoms. The van der Waals surface area contributed by atoms with Gasteiger partial charge in [-0.3, -0.25) is 14.4 Å². The van der Waals surface area contributed by atoms with Gasteiger partial charge < -0.3 is 15.4 Å². The van der Waals surface area contributed by atoms with Gasteiger partial charge >= 0.3 is 5.97 Å². The molecule has 0 aromatic rings. The predicted octanol–water partition coefficient (Wildman–Crippen LogP) is -0.172. The maximum atomic E-state index is 11.8. The van der Waals surface area contributed by atoms with Crippen molar-refractivity contribution in [1.29, 1.82) is 0 Å². The highest BCUT2D eigenvalue weighted by atomic mass is 16.5. The molecule has 0 saturated heterocycles. The summed E-state index contributed by atoms with van der Waals surface area (Å²) in [5.41, 5.74) is 5.20. The summed E-state index contributed by atoms with van der Waals surface area (Å²) >= 11 is 0. The Kier molecular flexibility index (Phi) is 6.62. The van der Waals surface area contributed by atoms with Crippen molar-refractivity contribution in [1.82, 2.24) is 4.90 Å². The minimum atomic E-state index is -0.731. The smallest absolute Gasteiger partial charge is 0.315 e. The third-order valence-corrected chi connectivity index (χ3v) is 2.26. The minimum absolute atomic E-state index is 0.164. The summed E-state index contributed by atoms with van der Waals surface area (Å²) < 4.78 is 4.39. The van der Waals surface area contributed by atoms with Crippen LogP contribution in [-0.2, 0) is 19.1 Å². The number of nitrogens with two attached hydrogens (primary N) is 1. The summed E-state index contributed by atoms with van der Waals surface area (Å²) in [6.07, 6.45) is 1.45. The zero-order valence-corrected chi connectivity index (χ0v) is 10.1. The van der Waals surface area contributed by atoms with Crippen molar-refractivity contribution in [3.63, 3.8) is 0 Å². The van der Waals surface area contributed by atoms with Crippen molar-refractivity contribution < 1.29 is 19.1 Å². The van der Waals surface area contributed by atoms with Gasteiger partial charge in [0.1, 0.15) is 12.5 Å². The van der Waals surface area contributed by atoms with Crippen molar-refractivity contribution in [2.45, 2.75) is 25.8 Å². The Labute approximate surface area is 100 Å². The molecule has 1 atom stereocenters. The molecule has 96 valence electrons. The number of hydrogen-bond donors (Lipinski definition) is 1. The predicted molar refractivity (Wildman–Crippen MR) is 61.8 cm³/mol. The molecule has 2 amide bonds. The van der Waals surface area contributed by atoms with Crippen molar-refractivity contribution in [2.75, 3.05) is 13.7 Å². The summed E-state index contributed by atoms with van der Waals surface area (Å²) in [5.74, 6) is -1.75. The Morgan fingerprint density at radius 1 is 1.47 bits per heavy atom. The lowest BCUT2D eigenvalue weighted by Crippen LogP contribution is -2.48. The number of carbonyl (C=O) groups is 3. The number of primary amides is 1. The van der Waals surface area contributed by atoms with Gasteiger partial charge in [-0.05, 0) is 6.42 Å². The third-order valence-electron chi connectivity index (χ3n) is 2.26. The summed E-state index contributed by atoms with van der Waals surface area (Å²) in [6.45, 7) is 5.39. The molecule has 0 heterocycles. The molecule has 0 aliphatic heterocycles. The molecule has 0 bridgehead atoms. The minimum Gasteiger partial charge on any atom is -0.469 e. The second kappa shape index (κ2) is 7.43. The second-order valence-electron chi connectivity index (χ2n) is 3.41. The molecule has 2 N–H and O–H groups in total. The molecule has 6 nitrogen and oxygen atoms in total. The molecular weight excluding hydrogens is 224 g/mol. The van der Waals surface area contributed by atoms with E-state index >= 15 is 0 Å². The largest absolute Gasteiger partial charge is 0.469 e. The van der Waals surface area contributed by atoms with Gasteiger partial charge in [-0.25, -0.2) is 0 Å². The van der Waals surface area contributed by atoms with Gasteiger partial charge in [0.05, 0.1) is 7.11 Å². The molecule has 0 rings (SSSR count). The van der Waals surface area contributed by atoms with Gasteiger partial charge in [-0.1, -0.05) is 13.0 Å². The number of rotatable bonds is 7. The molecule has 0 aromatic carbocycles. The fraction of sp³-hybridized carbons (Fsp3) is 0.545. The van der Waals surface area contributed by atoms with Gasteiger partial charge in [-0.2, -0.15) is 0 Å². The molecule has 0 spiro atoms. The van der Waals surface area contributed by atoms with Crippen LogP contribution in [0.15, 0.2) is 12.7 Å². The van der Waals surface area contributed by atoms with Crippen LogP contribution < -0.4 is 5.73 Å². The van der Waals surface area contributed by atoms with Crippen LogP contribution in [0.25, 0.3) is 0 Å². The average Bonchev–Trinajstić information content (AvgIpc) is 2.28. The van der Waals surface area contributed by atoms with Gasteiger partial charge in [-0.15, -0.1) is 6.58 Å². The highest BCUT2D eigenvalue weighted by Crippen LogP contribution is 2.07. The Balaban J connectivity index is 4.81. The lowest BCUT2D eigenvalue weighted by Gasteiger charge is -2.27. The van der Waals surface area contributed by atoms with Crippen molar-refractivity contribution in [3.05, 3.63) is 12.7 Å².